The Kier molecular flexibility index (Phi) is 6.39. The van der Waals surface area contributed by atoms with Gasteiger partial charge in [0.05, 0.1) is 5.69 Å². The summed E-state index contributed by atoms with van der Waals surface area (Å²) >= 11 is 0. The van der Waals surface area contributed by atoms with Crippen LogP contribution in [-0.2, 0) is 10.8 Å². The topological polar surface area (TPSA) is 16.4 Å². The van der Waals surface area contributed by atoms with Gasteiger partial charge in [0.2, 0.25) is 0 Å². The van der Waals surface area contributed by atoms with Crippen LogP contribution in [0.1, 0.15) is 49.9 Å². The molecule has 2 heteroatoms. The van der Waals surface area contributed by atoms with E-state index in [0.717, 1.165) is 39.0 Å². The van der Waals surface area contributed by atoms with Gasteiger partial charge in [0.15, 0.2) is 5.58 Å². The highest BCUT2D eigenvalue weighted by Gasteiger charge is 2.42. The van der Waals surface area contributed by atoms with E-state index in [9.17, 15) is 0 Å². The largest absolute Gasteiger partial charge is 0.454 e. The number of para-hydroxylation sites is 2. The Morgan fingerprint density at radius 2 is 1.07 bits per heavy atom. The van der Waals surface area contributed by atoms with Gasteiger partial charge in [-0.3, -0.25) is 0 Å². The number of nitrogens with zero attached hydrogens (tertiary/aromatic N) is 1. The Hall–Kier alpha value is -6.38. The fraction of sp³-hybridized carbons (Fsp3) is 0.115. The first-order chi connectivity index (χ1) is 26.3. The van der Waals surface area contributed by atoms with Crippen LogP contribution in [0.15, 0.2) is 168 Å². The molecule has 0 fully saturated rings. The molecule has 0 atom stereocenters. The Bertz CT molecular complexity index is 3000. The molecule has 2 aliphatic rings. The third kappa shape index (κ3) is 4.28. The second-order valence-corrected chi connectivity index (χ2v) is 16.1. The smallest absolute Gasteiger partial charge is 0.159 e. The zero-order valence-electron chi connectivity index (χ0n) is 30.9. The summed E-state index contributed by atoms with van der Waals surface area (Å²) in [4.78, 5) is 2.39. The summed E-state index contributed by atoms with van der Waals surface area (Å²) in [5, 5.41) is 4.88. The lowest BCUT2D eigenvalue weighted by atomic mass is 9.79. The van der Waals surface area contributed by atoms with Gasteiger partial charge in [0, 0.05) is 33.0 Å². The second kappa shape index (κ2) is 11.1. The van der Waals surface area contributed by atoms with E-state index in [2.05, 4.69) is 190 Å². The summed E-state index contributed by atoms with van der Waals surface area (Å²) in [6.07, 6.45) is 0. The van der Waals surface area contributed by atoms with Gasteiger partial charge in [-0.05, 0) is 115 Å². The van der Waals surface area contributed by atoms with E-state index < -0.39 is 0 Å². The van der Waals surface area contributed by atoms with E-state index in [1.807, 2.05) is 6.07 Å². The zero-order chi connectivity index (χ0) is 36.3. The third-order valence-corrected chi connectivity index (χ3v) is 12.4. The minimum Gasteiger partial charge on any atom is -0.454 e. The van der Waals surface area contributed by atoms with E-state index >= 15 is 0 Å². The molecule has 0 spiro atoms. The molecule has 258 valence electrons. The molecule has 0 N–H and O–H groups in total. The van der Waals surface area contributed by atoms with Crippen LogP contribution in [0.4, 0.5) is 17.1 Å². The molecular formula is C52H39NO. The standard InChI is InChI=1S/C52H39NO/c1-51(2)43-27-24-33-16-8-9-19-37(33)49(43)42-31-45-41(30-46(42)51)38-26-25-36(29-44(38)52(45,3)4)53(35-18-12-17-34(28-35)32-14-6-5-7-15-32)47-22-13-21-40-39-20-10-11-23-48(39)54-50(40)47/h5-31H,1-4H3. The number of furan rings is 1. The van der Waals surface area contributed by atoms with E-state index in [0.29, 0.717) is 0 Å². The second-order valence-electron chi connectivity index (χ2n) is 16.1. The van der Waals surface area contributed by atoms with Crippen LogP contribution in [0, 0.1) is 0 Å². The monoisotopic (exact) mass is 693 g/mol. The van der Waals surface area contributed by atoms with Crippen molar-refractivity contribution in [3.63, 3.8) is 0 Å². The fourth-order valence-electron chi connectivity index (χ4n) is 9.65. The number of rotatable bonds is 4. The lowest BCUT2D eigenvalue weighted by Crippen LogP contribution is -2.17. The van der Waals surface area contributed by atoms with Gasteiger partial charge < -0.3 is 9.32 Å². The number of benzene rings is 8. The fourth-order valence-corrected chi connectivity index (χ4v) is 9.65. The quantitative estimate of drug-likeness (QED) is 0.182. The number of fused-ring (bicyclic) bond motifs is 11. The minimum atomic E-state index is -0.212. The van der Waals surface area contributed by atoms with Gasteiger partial charge in [-0.1, -0.05) is 143 Å². The number of hydrogen-bond donors (Lipinski definition) is 0. The highest BCUT2D eigenvalue weighted by molar-refractivity contribution is 6.10. The molecule has 9 aromatic rings. The molecule has 54 heavy (non-hydrogen) atoms. The molecule has 0 unspecified atom stereocenters. The SMILES string of the molecule is CC1(C)c2cc(N(c3cccc(-c4ccccc4)c3)c3cccc4c3oc3ccccc34)ccc2-c2cc3c(cc21)-c1c(ccc2ccccc12)C3(C)C. The van der Waals surface area contributed by atoms with Crippen molar-refractivity contribution < 1.29 is 4.42 Å². The highest BCUT2D eigenvalue weighted by atomic mass is 16.3. The first-order valence-electron chi connectivity index (χ1n) is 19.0. The van der Waals surface area contributed by atoms with Gasteiger partial charge in [-0.25, -0.2) is 0 Å². The Labute approximate surface area is 315 Å². The zero-order valence-corrected chi connectivity index (χ0v) is 30.9. The maximum absolute atomic E-state index is 6.69. The molecule has 0 aliphatic heterocycles. The van der Waals surface area contributed by atoms with Crippen molar-refractivity contribution in [2.45, 2.75) is 38.5 Å². The summed E-state index contributed by atoms with van der Waals surface area (Å²) in [5.41, 5.74) is 18.1. The molecule has 2 aliphatic carbocycles. The van der Waals surface area contributed by atoms with E-state index in [1.54, 1.807) is 0 Å². The van der Waals surface area contributed by atoms with Crippen LogP contribution >= 0.6 is 0 Å². The number of hydrogen-bond acceptors (Lipinski definition) is 2. The molecule has 0 amide bonds. The van der Waals surface area contributed by atoms with Crippen LogP contribution in [0.3, 0.4) is 0 Å². The van der Waals surface area contributed by atoms with Crippen molar-refractivity contribution in [3.8, 4) is 33.4 Å². The minimum absolute atomic E-state index is 0.0948. The van der Waals surface area contributed by atoms with Gasteiger partial charge in [0.1, 0.15) is 5.58 Å². The van der Waals surface area contributed by atoms with Gasteiger partial charge in [-0.2, -0.15) is 0 Å². The summed E-state index contributed by atoms with van der Waals surface area (Å²) in [6, 6.07) is 60.1. The van der Waals surface area contributed by atoms with Crippen molar-refractivity contribution in [1.82, 2.24) is 0 Å². The molecule has 11 rings (SSSR count). The van der Waals surface area contributed by atoms with Crippen molar-refractivity contribution >= 4 is 49.8 Å². The van der Waals surface area contributed by atoms with Crippen LogP contribution in [-0.4, -0.2) is 0 Å². The van der Waals surface area contributed by atoms with E-state index in [4.69, 9.17) is 4.42 Å². The van der Waals surface area contributed by atoms with Gasteiger partial charge in [0.25, 0.3) is 0 Å². The summed E-state index contributed by atoms with van der Waals surface area (Å²) in [5.74, 6) is 0. The van der Waals surface area contributed by atoms with Crippen molar-refractivity contribution in [1.29, 1.82) is 0 Å². The lowest BCUT2D eigenvalue weighted by molar-refractivity contribution is 0.652. The Morgan fingerprint density at radius 1 is 0.426 bits per heavy atom. The first-order valence-corrected chi connectivity index (χ1v) is 19.0. The maximum Gasteiger partial charge on any atom is 0.159 e. The summed E-state index contributed by atoms with van der Waals surface area (Å²) in [6.45, 7) is 9.59. The van der Waals surface area contributed by atoms with Gasteiger partial charge in [-0.15, -0.1) is 0 Å². The van der Waals surface area contributed by atoms with Crippen molar-refractivity contribution in [3.05, 3.63) is 186 Å². The molecule has 0 bridgehead atoms. The van der Waals surface area contributed by atoms with Crippen LogP contribution in [0.2, 0.25) is 0 Å². The van der Waals surface area contributed by atoms with Crippen LogP contribution in [0.25, 0.3) is 66.1 Å². The lowest BCUT2D eigenvalue weighted by Gasteiger charge is -2.28. The Morgan fingerprint density at radius 3 is 1.94 bits per heavy atom. The molecule has 0 saturated heterocycles. The predicted molar refractivity (Wildman–Crippen MR) is 226 cm³/mol. The number of anilines is 3. The molecular weight excluding hydrogens is 655 g/mol. The normalized spacial score (nSPS) is 14.6. The summed E-state index contributed by atoms with van der Waals surface area (Å²) < 4.78 is 6.69. The molecule has 0 radical (unpaired) electrons. The molecule has 0 saturated carbocycles. The molecule has 1 heterocycles. The average molecular weight is 694 g/mol. The van der Waals surface area contributed by atoms with Crippen molar-refractivity contribution in [2.75, 3.05) is 4.90 Å². The third-order valence-electron chi connectivity index (χ3n) is 12.4. The highest BCUT2D eigenvalue weighted by Crippen LogP contribution is 2.58. The molecule has 2 nitrogen and oxygen atoms in total. The molecule has 1 aromatic heterocycles. The van der Waals surface area contributed by atoms with Crippen LogP contribution in [0.5, 0.6) is 0 Å². The molecule has 8 aromatic carbocycles. The van der Waals surface area contributed by atoms with Crippen LogP contribution < -0.4 is 4.90 Å². The van der Waals surface area contributed by atoms with Gasteiger partial charge >= 0.3 is 0 Å². The van der Waals surface area contributed by atoms with Crippen molar-refractivity contribution in [2.24, 2.45) is 0 Å². The van der Waals surface area contributed by atoms with E-state index in [1.165, 1.54) is 66.4 Å². The Balaban J connectivity index is 1.11. The summed E-state index contributed by atoms with van der Waals surface area (Å²) in [7, 11) is 0. The van der Waals surface area contributed by atoms with E-state index in [-0.39, 0.29) is 10.8 Å². The average Bonchev–Trinajstić information content (AvgIpc) is 3.78. The predicted octanol–water partition coefficient (Wildman–Crippen LogP) is 14.5. The maximum atomic E-state index is 6.69. The first kappa shape index (κ1) is 31.2.